The summed E-state index contributed by atoms with van der Waals surface area (Å²) in [7, 11) is 0. The van der Waals surface area contributed by atoms with Crippen LogP contribution in [0.5, 0.6) is 0 Å². The molecule has 2 atom stereocenters. The zero-order chi connectivity index (χ0) is 13.8. The Morgan fingerprint density at radius 1 is 1.26 bits per heavy atom. The number of halogens is 1. The first-order valence-electron chi connectivity index (χ1n) is 7.00. The quantitative estimate of drug-likeness (QED) is 0.901. The van der Waals surface area contributed by atoms with Crippen molar-refractivity contribution in [2.75, 3.05) is 0 Å². The summed E-state index contributed by atoms with van der Waals surface area (Å²) in [5, 5.41) is 12.6. The topological polar surface area (TPSA) is 35.8 Å². The lowest BCUT2D eigenvalue weighted by atomic mass is 9.85. The number of nitrogens with zero attached hydrogens (tertiary/aromatic N) is 1. The zero-order valence-electron chi connectivity index (χ0n) is 11.7. The molecule has 1 aromatic rings. The van der Waals surface area contributed by atoms with Crippen molar-refractivity contribution in [1.82, 2.24) is 5.32 Å². The van der Waals surface area contributed by atoms with Gasteiger partial charge in [0.2, 0.25) is 0 Å². The second-order valence-corrected chi connectivity index (χ2v) is 5.55. The van der Waals surface area contributed by atoms with Gasteiger partial charge in [0.25, 0.3) is 0 Å². The summed E-state index contributed by atoms with van der Waals surface area (Å²) in [5.41, 5.74) is 2.48. The van der Waals surface area contributed by atoms with Gasteiger partial charge in [-0.1, -0.05) is 25.0 Å². The molecule has 0 heterocycles. The third-order valence-corrected chi connectivity index (χ3v) is 4.00. The number of rotatable bonds is 3. The monoisotopic (exact) mass is 260 g/mol. The highest BCUT2D eigenvalue weighted by atomic mass is 19.1. The second-order valence-electron chi connectivity index (χ2n) is 5.55. The minimum absolute atomic E-state index is 0.115. The van der Waals surface area contributed by atoms with Crippen molar-refractivity contribution < 1.29 is 4.39 Å². The third kappa shape index (κ3) is 3.33. The van der Waals surface area contributed by atoms with Gasteiger partial charge in [-0.3, -0.25) is 0 Å². The average Bonchev–Trinajstić information content (AvgIpc) is 2.42. The minimum atomic E-state index is -0.115. The zero-order valence-corrected chi connectivity index (χ0v) is 11.7. The maximum Gasteiger partial charge on any atom is 0.129 e. The van der Waals surface area contributed by atoms with Crippen LogP contribution in [-0.4, -0.2) is 6.04 Å². The molecule has 0 aromatic heterocycles. The first kappa shape index (κ1) is 14.0. The fraction of sp³-hybridized carbons (Fsp3) is 0.562. The van der Waals surface area contributed by atoms with E-state index in [0.29, 0.717) is 17.7 Å². The van der Waals surface area contributed by atoms with Gasteiger partial charge < -0.3 is 5.32 Å². The molecule has 1 aromatic carbocycles. The molecule has 1 aliphatic carbocycles. The molecule has 1 saturated carbocycles. The number of nitrogens with one attached hydrogen (secondary N) is 1. The molecule has 0 bridgehead atoms. The van der Waals surface area contributed by atoms with E-state index in [1.165, 1.54) is 6.42 Å². The van der Waals surface area contributed by atoms with E-state index in [1.807, 2.05) is 12.1 Å². The molecule has 1 aliphatic rings. The van der Waals surface area contributed by atoms with E-state index < -0.39 is 0 Å². The van der Waals surface area contributed by atoms with Gasteiger partial charge in [0.05, 0.1) is 12.0 Å². The van der Waals surface area contributed by atoms with Gasteiger partial charge in [-0.25, -0.2) is 4.39 Å². The molecular formula is C16H21FN2. The van der Waals surface area contributed by atoms with Crippen LogP contribution in [-0.2, 0) is 6.54 Å². The van der Waals surface area contributed by atoms with Crippen LogP contribution >= 0.6 is 0 Å². The van der Waals surface area contributed by atoms with Crippen LogP contribution in [0, 0.1) is 36.9 Å². The van der Waals surface area contributed by atoms with Crippen LogP contribution in [0.3, 0.4) is 0 Å². The van der Waals surface area contributed by atoms with Gasteiger partial charge >= 0.3 is 0 Å². The van der Waals surface area contributed by atoms with Crippen LogP contribution in [0.4, 0.5) is 4.39 Å². The van der Waals surface area contributed by atoms with Crippen LogP contribution < -0.4 is 5.32 Å². The molecule has 2 unspecified atom stereocenters. The van der Waals surface area contributed by atoms with Crippen molar-refractivity contribution in [3.05, 3.63) is 34.6 Å². The fourth-order valence-electron chi connectivity index (χ4n) is 2.92. The lowest BCUT2D eigenvalue weighted by Gasteiger charge is -2.27. The number of nitriles is 1. The fourth-order valence-corrected chi connectivity index (χ4v) is 2.92. The van der Waals surface area contributed by atoms with E-state index in [4.69, 9.17) is 5.26 Å². The molecule has 2 rings (SSSR count). The molecule has 0 amide bonds. The highest BCUT2D eigenvalue weighted by Crippen LogP contribution is 2.24. The predicted molar refractivity (Wildman–Crippen MR) is 74.1 cm³/mol. The van der Waals surface area contributed by atoms with Gasteiger partial charge in [-0.2, -0.15) is 5.26 Å². The lowest BCUT2D eigenvalue weighted by molar-refractivity contribution is 0.311. The average molecular weight is 260 g/mol. The molecule has 0 radical (unpaired) electrons. The Balaban J connectivity index is 2.00. The first-order valence-corrected chi connectivity index (χ1v) is 7.00. The van der Waals surface area contributed by atoms with Crippen LogP contribution in [0.25, 0.3) is 0 Å². The summed E-state index contributed by atoms with van der Waals surface area (Å²) in [6.45, 7) is 4.31. The van der Waals surface area contributed by atoms with Crippen LogP contribution in [0.15, 0.2) is 12.1 Å². The predicted octanol–water partition coefficient (Wildman–Crippen LogP) is 3.61. The second kappa shape index (κ2) is 6.16. The number of hydrogen-bond acceptors (Lipinski definition) is 2. The van der Waals surface area contributed by atoms with E-state index in [2.05, 4.69) is 11.4 Å². The van der Waals surface area contributed by atoms with Crippen molar-refractivity contribution in [3.8, 4) is 6.07 Å². The van der Waals surface area contributed by atoms with Gasteiger partial charge in [0.1, 0.15) is 5.82 Å². The summed E-state index contributed by atoms with van der Waals surface area (Å²) in [4.78, 5) is 0. The molecule has 1 N–H and O–H groups in total. The molecule has 0 spiro atoms. The van der Waals surface area contributed by atoms with Gasteiger partial charge in [-0.05, 0) is 43.4 Å². The summed E-state index contributed by atoms with van der Waals surface area (Å²) < 4.78 is 13.6. The molecule has 3 heteroatoms. The summed E-state index contributed by atoms with van der Waals surface area (Å²) >= 11 is 0. The normalized spacial score (nSPS) is 23.1. The van der Waals surface area contributed by atoms with Crippen molar-refractivity contribution in [2.45, 2.75) is 52.1 Å². The van der Waals surface area contributed by atoms with Crippen molar-refractivity contribution in [2.24, 2.45) is 5.92 Å². The van der Waals surface area contributed by atoms with Gasteiger partial charge in [-0.15, -0.1) is 0 Å². The van der Waals surface area contributed by atoms with E-state index in [-0.39, 0.29) is 17.8 Å². The Hall–Kier alpha value is -1.40. The molecule has 2 nitrogen and oxygen atoms in total. The largest absolute Gasteiger partial charge is 0.309 e. The van der Waals surface area contributed by atoms with Crippen LogP contribution in [0.1, 0.15) is 42.4 Å². The van der Waals surface area contributed by atoms with Crippen molar-refractivity contribution in [1.29, 1.82) is 5.26 Å². The standard InChI is InChI=1S/C16H21FN2/c1-11-7-13(8-12(2)16(11)17)10-19-15-6-4-3-5-14(15)9-18/h7-8,14-15,19H,3-6,10H2,1-2H3. The Morgan fingerprint density at radius 2 is 1.89 bits per heavy atom. The van der Waals surface area contributed by atoms with Crippen LogP contribution in [0.2, 0.25) is 0 Å². The van der Waals surface area contributed by atoms with E-state index in [0.717, 1.165) is 24.8 Å². The number of hydrogen-bond donors (Lipinski definition) is 1. The SMILES string of the molecule is Cc1cc(CNC2CCCCC2C#N)cc(C)c1F. The molecule has 0 aliphatic heterocycles. The Morgan fingerprint density at radius 3 is 2.53 bits per heavy atom. The molecular weight excluding hydrogens is 239 g/mol. The Bertz CT molecular complexity index is 467. The molecule has 19 heavy (non-hydrogen) atoms. The third-order valence-electron chi connectivity index (χ3n) is 4.00. The molecule has 102 valence electrons. The summed E-state index contributed by atoms with van der Waals surface area (Å²) in [5.74, 6) is 0.00714. The Kier molecular flexibility index (Phi) is 4.55. The van der Waals surface area contributed by atoms with E-state index in [1.54, 1.807) is 13.8 Å². The molecule has 1 fully saturated rings. The van der Waals surface area contributed by atoms with E-state index in [9.17, 15) is 4.39 Å². The Labute approximate surface area is 114 Å². The van der Waals surface area contributed by atoms with Gasteiger partial charge in [0, 0.05) is 12.6 Å². The number of aryl methyl sites for hydroxylation is 2. The van der Waals surface area contributed by atoms with E-state index >= 15 is 0 Å². The lowest BCUT2D eigenvalue weighted by Crippen LogP contribution is -2.37. The van der Waals surface area contributed by atoms with Crippen molar-refractivity contribution in [3.63, 3.8) is 0 Å². The smallest absolute Gasteiger partial charge is 0.129 e. The number of benzene rings is 1. The van der Waals surface area contributed by atoms with Crippen molar-refractivity contribution >= 4 is 0 Å². The summed E-state index contributed by atoms with van der Waals surface area (Å²) in [6.07, 6.45) is 4.41. The highest BCUT2D eigenvalue weighted by molar-refractivity contribution is 5.30. The minimum Gasteiger partial charge on any atom is -0.309 e. The summed E-state index contributed by atoms with van der Waals surface area (Å²) in [6, 6.07) is 6.46. The maximum absolute atomic E-state index is 13.6. The van der Waals surface area contributed by atoms with Gasteiger partial charge in [0.15, 0.2) is 0 Å². The first-order chi connectivity index (χ1) is 9.11. The maximum atomic E-state index is 13.6. The highest BCUT2D eigenvalue weighted by Gasteiger charge is 2.24. The molecule has 0 saturated heterocycles.